The highest BCUT2D eigenvalue weighted by molar-refractivity contribution is 5.88. The maximum Gasteiger partial charge on any atom is 0.221 e. The average molecular weight is 259 g/mol. The van der Waals surface area contributed by atoms with Crippen LogP contribution in [0.2, 0.25) is 0 Å². The molecule has 1 aromatic carbocycles. The number of hydrogen-bond donors (Lipinski definition) is 1. The van der Waals surface area contributed by atoms with Crippen LogP contribution in [-0.4, -0.2) is 22.1 Å². The zero-order valence-electron chi connectivity index (χ0n) is 10.9. The van der Waals surface area contributed by atoms with E-state index in [0.29, 0.717) is 6.61 Å². The number of carbonyl (C=O) groups excluding carboxylic acids is 1. The molecule has 0 aliphatic rings. The molecule has 0 aliphatic heterocycles. The molecule has 1 N–H and O–H groups in total. The number of carbonyl (C=O) groups is 1. The van der Waals surface area contributed by atoms with Gasteiger partial charge in [-0.2, -0.15) is 0 Å². The van der Waals surface area contributed by atoms with Gasteiger partial charge in [0.25, 0.3) is 0 Å². The van der Waals surface area contributed by atoms with Gasteiger partial charge in [0, 0.05) is 37.6 Å². The summed E-state index contributed by atoms with van der Waals surface area (Å²) in [6.45, 7) is 2.99. The highest BCUT2D eigenvalue weighted by Gasteiger charge is 1.99. The van der Waals surface area contributed by atoms with Gasteiger partial charge in [-0.1, -0.05) is 6.07 Å². The van der Waals surface area contributed by atoms with Gasteiger partial charge in [0.2, 0.25) is 5.91 Å². The summed E-state index contributed by atoms with van der Waals surface area (Å²) in [5.41, 5.74) is 0.750. The van der Waals surface area contributed by atoms with Crippen molar-refractivity contribution in [3.63, 3.8) is 0 Å². The van der Waals surface area contributed by atoms with Crippen LogP contribution in [0, 0.1) is 0 Å². The van der Waals surface area contributed by atoms with Gasteiger partial charge in [0.05, 0.1) is 12.9 Å². The summed E-state index contributed by atoms with van der Waals surface area (Å²) < 4.78 is 7.65. The summed E-state index contributed by atoms with van der Waals surface area (Å²) in [6, 6.07) is 7.39. The molecule has 0 radical (unpaired) electrons. The molecule has 0 spiro atoms. The molecule has 19 heavy (non-hydrogen) atoms. The smallest absolute Gasteiger partial charge is 0.221 e. The van der Waals surface area contributed by atoms with Crippen LogP contribution in [0.15, 0.2) is 43.0 Å². The zero-order chi connectivity index (χ0) is 13.5. The number of ether oxygens (including phenoxy) is 1. The molecule has 0 saturated heterocycles. The third-order valence-corrected chi connectivity index (χ3v) is 2.54. The Hall–Kier alpha value is -2.30. The second-order valence-electron chi connectivity index (χ2n) is 4.21. The third-order valence-electron chi connectivity index (χ3n) is 2.54. The first kappa shape index (κ1) is 13.1. The molecule has 1 amide bonds. The lowest BCUT2D eigenvalue weighted by molar-refractivity contribution is -0.114. The number of aromatic nitrogens is 2. The van der Waals surface area contributed by atoms with Crippen molar-refractivity contribution in [1.29, 1.82) is 0 Å². The van der Waals surface area contributed by atoms with Crippen LogP contribution in [0.25, 0.3) is 0 Å². The Morgan fingerprint density at radius 3 is 3.11 bits per heavy atom. The molecule has 0 unspecified atom stereocenters. The van der Waals surface area contributed by atoms with E-state index in [0.717, 1.165) is 24.4 Å². The minimum atomic E-state index is -0.0859. The summed E-state index contributed by atoms with van der Waals surface area (Å²) in [4.78, 5) is 14.9. The quantitative estimate of drug-likeness (QED) is 0.810. The SMILES string of the molecule is CC(=O)Nc1cccc(OCCCn2ccnc2)c1. The van der Waals surface area contributed by atoms with E-state index in [1.54, 1.807) is 12.5 Å². The lowest BCUT2D eigenvalue weighted by Crippen LogP contribution is -2.06. The van der Waals surface area contributed by atoms with E-state index >= 15 is 0 Å². The van der Waals surface area contributed by atoms with E-state index in [1.807, 2.05) is 35.0 Å². The summed E-state index contributed by atoms with van der Waals surface area (Å²) in [5.74, 6) is 0.675. The standard InChI is InChI=1S/C14H17N3O2/c1-12(18)16-13-4-2-5-14(10-13)19-9-3-7-17-8-6-15-11-17/h2,4-6,8,10-11H,3,7,9H2,1H3,(H,16,18). The predicted molar refractivity (Wildman–Crippen MR) is 73.1 cm³/mol. The van der Waals surface area contributed by atoms with E-state index in [1.165, 1.54) is 6.92 Å². The highest BCUT2D eigenvalue weighted by Crippen LogP contribution is 2.17. The molecule has 2 aromatic rings. The fourth-order valence-electron chi connectivity index (χ4n) is 1.72. The Balaban J connectivity index is 1.77. The van der Waals surface area contributed by atoms with Crippen molar-refractivity contribution >= 4 is 11.6 Å². The first-order chi connectivity index (χ1) is 9.24. The van der Waals surface area contributed by atoms with Gasteiger partial charge in [-0.15, -0.1) is 0 Å². The van der Waals surface area contributed by atoms with Gasteiger partial charge in [-0.25, -0.2) is 4.98 Å². The van der Waals surface area contributed by atoms with Crippen LogP contribution >= 0.6 is 0 Å². The fourth-order valence-corrected chi connectivity index (χ4v) is 1.72. The van der Waals surface area contributed by atoms with Crippen molar-refractivity contribution in [2.45, 2.75) is 19.9 Å². The van der Waals surface area contributed by atoms with Gasteiger partial charge < -0.3 is 14.6 Å². The number of aryl methyl sites for hydroxylation is 1. The second-order valence-corrected chi connectivity index (χ2v) is 4.21. The predicted octanol–water partition coefficient (Wildman–Crippen LogP) is 2.31. The van der Waals surface area contributed by atoms with E-state index in [9.17, 15) is 4.79 Å². The van der Waals surface area contributed by atoms with Gasteiger partial charge >= 0.3 is 0 Å². The molecule has 0 bridgehead atoms. The summed E-state index contributed by atoms with van der Waals surface area (Å²) >= 11 is 0. The molecule has 0 saturated carbocycles. The highest BCUT2D eigenvalue weighted by atomic mass is 16.5. The molecule has 5 heteroatoms. The Morgan fingerprint density at radius 1 is 1.47 bits per heavy atom. The van der Waals surface area contributed by atoms with Gasteiger partial charge in [-0.3, -0.25) is 4.79 Å². The molecule has 0 aliphatic carbocycles. The van der Waals surface area contributed by atoms with E-state index in [4.69, 9.17) is 4.74 Å². The first-order valence-corrected chi connectivity index (χ1v) is 6.20. The lowest BCUT2D eigenvalue weighted by Gasteiger charge is -2.08. The molecule has 5 nitrogen and oxygen atoms in total. The molecular formula is C14H17N3O2. The second kappa shape index (κ2) is 6.58. The van der Waals surface area contributed by atoms with Crippen LogP contribution in [0.4, 0.5) is 5.69 Å². The number of nitrogens with one attached hydrogen (secondary N) is 1. The van der Waals surface area contributed by atoms with Crippen LogP contribution in [0.5, 0.6) is 5.75 Å². The van der Waals surface area contributed by atoms with Crippen molar-refractivity contribution in [2.24, 2.45) is 0 Å². The van der Waals surface area contributed by atoms with Crippen LogP contribution in [0.3, 0.4) is 0 Å². The van der Waals surface area contributed by atoms with Crippen molar-refractivity contribution < 1.29 is 9.53 Å². The van der Waals surface area contributed by atoms with Crippen LogP contribution < -0.4 is 10.1 Å². The Bertz CT molecular complexity index is 523. The molecule has 1 aromatic heterocycles. The van der Waals surface area contributed by atoms with Gasteiger partial charge in [-0.05, 0) is 18.6 Å². The summed E-state index contributed by atoms with van der Waals surface area (Å²) in [7, 11) is 0. The van der Waals surface area contributed by atoms with Crippen LogP contribution in [0.1, 0.15) is 13.3 Å². The van der Waals surface area contributed by atoms with Crippen molar-refractivity contribution in [1.82, 2.24) is 9.55 Å². The van der Waals surface area contributed by atoms with E-state index < -0.39 is 0 Å². The molecule has 1 heterocycles. The van der Waals surface area contributed by atoms with Crippen molar-refractivity contribution in [3.05, 3.63) is 43.0 Å². The third kappa shape index (κ3) is 4.46. The Labute approximate surface area is 112 Å². The number of imidazole rings is 1. The molecular weight excluding hydrogens is 242 g/mol. The zero-order valence-corrected chi connectivity index (χ0v) is 10.9. The number of nitrogens with zero attached hydrogens (tertiary/aromatic N) is 2. The van der Waals surface area contributed by atoms with E-state index in [2.05, 4.69) is 10.3 Å². The van der Waals surface area contributed by atoms with Crippen molar-refractivity contribution in [2.75, 3.05) is 11.9 Å². The minimum absolute atomic E-state index is 0.0859. The number of anilines is 1. The molecule has 0 fully saturated rings. The topological polar surface area (TPSA) is 56.1 Å². The first-order valence-electron chi connectivity index (χ1n) is 6.20. The van der Waals surface area contributed by atoms with E-state index in [-0.39, 0.29) is 5.91 Å². The van der Waals surface area contributed by atoms with Gasteiger partial charge in [0.1, 0.15) is 5.75 Å². The Kier molecular flexibility index (Phi) is 4.55. The largest absolute Gasteiger partial charge is 0.493 e. The average Bonchev–Trinajstić information content (AvgIpc) is 2.87. The molecule has 2 rings (SSSR count). The Morgan fingerprint density at radius 2 is 2.37 bits per heavy atom. The molecule has 0 atom stereocenters. The number of benzene rings is 1. The maximum atomic E-state index is 11.0. The van der Waals surface area contributed by atoms with Crippen LogP contribution in [-0.2, 0) is 11.3 Å². The number of rotatable bonds is 6. The summed E-state index contributed by atoms with van der Waals surface area (Å²) in [5, 5.41) is 2.73. The minimum Gasteiger partial charge on any atom is -0.493 e. The fraction of sp³-hybridized carbons (Fsp3) is 0.286. The summed E-state index contributed by atoms with van der Waals surface area (Å²) in [6.07, 6.45) is 6.38. The number of hydrogen-bond acceptors (Lipinski definition) is 3. The maximum absolute atomic E-state index is 11.0. The van der Waals surface area contributed by atoms with Gasteiger partial charge in [0.15, 0.2) is 0 Å². The lowest BCUT2D eigenvalue weighted by atomic mass is 10.3. The monoisotopic (exact) mass is 259 g/mol. The number of amides is 1. The van der Waals surface area contributed by atoms with Crippen molar-refractivity contribution in [3.8, 4) is 5.75 Å². The normalized spacial score (nSPS) is 10.2. The molecule has 100 valence electrons.